The van der Waals surface area contributed by atoms with E-state index in [1.165, 1.54) is 6.08 Å². The number of rotatable bonds is 7. The van der Waals surface area contributed by atoms with E-state index in [0.29, 0.717) is 5.75 Å². The predicted octanol–water partition coefficient (Wildman–Crippen LogP) is 3.40. The van der Waals surface area contributed by atoms with E-state index in [2.05, 4.69) is 5.32 Å². The molecule has 2 N–H and O–H groups in total. The molecule has 0 aromatic heterocycles. The second kappa shape index (κ2) is 9.06. The number of ether oxygens (including phenoxy) is 1. The van der Waals surface area contributed by atoms with Crippen molar-refractivity contribution in [1.82, 2.24) is 5.32 Å². The third-order valence-electron chi connectivity index (χ3n) is 3.79. The van der Waals surface area contributed by atoms with Crippen LogP contribution in [0.2, 0.25) is 0 Å². The number of carbonyl (C=O) groups is 2. The fourth-order valence-corrected chi connectivity index (χ4v) is 2.48. The van der Waals surface area contributed by atoms with Gasteiger partial charge >= 0.3 is 5.97 Å². The van der Waals surface area contributed by atoms with Gasteiger partial charge in [-0.1, -0.05) is 53.6 Å². The van der Waals surface area contributed by atoms with E-state index in [-0.39, 0.29) is 11.5 Å². The van der Waals surface area contributed by atoms with Crippen LogP contribution in [0, 0.1) is 6.92 Å². The van der Waals surface area contributed by atoms with Crippen LogP contribution in [0.5, 0.6) is 5.75 Å². The number of aryl methyl sites for hydroxylation is 1. The van der Waals surface area contributed by atoms with Crippen LogP contribution in [0.1, 0.15) is 16.7 Å². The molecule has 6 heteroatoms. The van der Waals surface area contributed by atoms with Gasteiger partial charge in [0.05, 0.1) is 7.11 Å². The van der Waals surface area contributed by atoms with Gasteiger partial charge < -0.3 is 15.2 Å². The Bertz CT molecular complexity index is 798. The number of nitrogens with one attached hydrogen (secondary N) is 1. The highest BCUT2D eigenvalue weighted by Gasteiger charge is 2.21. The molecule has 0 spiro atoms. The molecule has 0 unspecified atom stereocenters. The second-order valence-corrected chi connectivity index (χ2v) is 6.23. The Morgan fingerprint density at radius 1 is 1.15 bits per heavy atom. The van der Waals surface area contributed by atoms with Gasteiger partial charge in [-0.2, -0.15) is 0 Å². The topological polar surface area (TPSA) is 75.6 Å². The van der Waals surface area contributed by atoms with Crippen molar-refractivity contribution >= 4 is 29.6 Å². The van der Waals surface area contributed by atoms with Gasteiger partial charge in [0, 0.05) is 6.42 Å². The van der Waals surface area contributed by atoms with Crippen molar-refractivity contribution in [1.29, 1.82) is 0 Å². The zero-order chi connectivity index (χ0) is 19.1. The molecule has 2 rings (SSSR count). The zero-order valence-electron chi connectivity index (χ0n) is 14.5. The van der Waals surface area contributed by atoms with Gasteiger partial charge in [0.25, 0.3) is 5.91 Å². The van der Waals surface area contributed by atoms with E-state index in [0.717, 1.165) is 16.7 Å². The molecular formula is C20H20ClNO4. The maximum Gasteiger partial charge on any atom is 0.326 e. The lowest BCUT2D eigenvalue weighted by Crippen LogP contribution is -2.42. The average Bonchev–Trinajstić information content (AvgIpc) is 2.63. The second-order valence-electron chi connectivity index (χ2n) is 5.82. The van der Waals surface area contributed by atoms with Gasteiger partial charge in [-0.3, -0.25) is 4.79 Å². The fourth-order valence-electron chi connectivity index (χ4n) is 2.30. The molecule has 26 heavy (non-hydrogen) atoms. The summed E-state index contributed by atoms with van der Waals surface area (Å²) in [4.78, 5) is 23.7. The first-order valence-corrected chi connectivity index (χ1v) is 8.37. The number of hydrogen-bond acceptors (Lipinski definition) is 3. The Morgan fingerprint density at radius 2 is 1.77 bits per heavy atom. The number of hydrogen-bond donors (Lipinski definition) is 2. The number of carbonyl (C=O) groups excluding carboxylic acids is 1. The lowest BCUT2D eigenvalue weighted by Gasteiger charge is -2.14. The molecule has 1 atom stereocenters. The lowest BCUT2D eigenvalue weighted by molar-refractivity contribution is -0.141. The van der Waals surface area contributed by atoms with E-state index in [9.17, 15) is 14.7 Å². The number of carboxylic acid groups (broad SMARTS) is 1. The summed E-state index contributed by atoms with van der Waals surface area (Å²) in [6.45, 7) is 1.96. The van der Waals surface area contributed by atoms with Crippen LogP contribution in [0.15, 0.2) is 53.6 Å². The maximum absolute atomic E-state index is 12.2. The summed E-state index contributed by atoms with van der Waals surface area (Å²) in [7, 11) is 1.55. The van der Waals surface area contributed by atoms with Crippen LogP contribution in [0.3, 0.4) is 0 Å². The van der Waals surface area contributed by atoms with Gasteiger partial charge in [0.15, 0.2) is 0 Å². The van der Waals surface area contributed by atoms with E-state index < -0.39 is 17.9 Å². The predicted molar refractivity (Wildman–Crippen MR) is 101 cm³/mol. The van der Waals surface area contributed by atoms with Crippen molar-refractivity contribution in [2.24, 2.45) is 0 Å². The third kappa shape index (κ3) is 5.63. The maximum atomic E-state index is 12.2. The first-order valence-electron chi connectivity index (χ1n) is 7.99. The summed E-state index contributed by atoms with van der Waals surface area (Å²) >= 11 is 6.04. The molecule has 1 amide bonds. The first kappa shape index (κ1) is 19.5. The number of methoxy groups -OCH3 is 1. The lowest BCUT2D eigenvalue weighted by atomic mass is 10.1. The quantitative estimate of drug-likeness (QED) is 0.729. The highest BCUT2D eigenvalue weighted by Crippen LogP contribution is 2.15. The van der Waals surface area contributed by atoms with Crippen LogP contribution in [-0.4, -0.2) is 30.1 Å². The molecule has 0 aliphatic heterocycles. The van der Waals surface area contributed by atoms with Crippen LogP contribution >= 0.6 is 11.6 Å². The molecule has 0 bridgehead atoms. The van der Waals surface area contributed by atoms with E-state index in [4.69, 9.17) is 16.3 Å². The summed E-state index contributed by atoms with van der Waals surface area (Å²) < 4.78 is 5.07. The Morgan fingerprint density at radius 3 is 2.31 bits per heavy atom. The molecule has 2 aromatic carbocycles. The van der Waals surface area contributed by atoms with Gasteiger partial charge in [-0.05, 0) is 36.3 Å². The number of halogens is 1. The Hall–Kier alpha value is -2.79. The van der Waals surface area contributed by atoms with E-state index in [1.54, 1.807) is 31.4 Å². The minimum atomic E-state index is -1.13. The van der Waals surface area contributed by atoms with Gasteiger partial charge in [-0.25, -0.2) is 4.79 Å². The average molecular weight is 374 g/mol. The van der Waals surface area contributed by atoms with Crippen molar-refractivity contribution in [3.8, 4) is 5.75 Å². The highest BCUT2D eigenvalue weighted by molar-refractivity contribution is 6.44. The Labute approximate surface area is 157 Å². The van der Waals surface area contributed by atoms with Crippen LogP contribution in [-0.2, 0) is 16.0 Å². The molecule has 136 valence electrons. The molecule has 0 aliphatic carbocycles. The smallest absolute Gasteiger partial charge is 0.326 e. The van der Waals surface area contributed by atoms with Crippen molar-refractivity contribution in [2.45, 2.75) is 19.4 Å². The van der Waals surface area contributed by atoms with Gasteiger partial charge in [0.1, 0.15) is 16.8 Å². The number of benzene rings is 2. The SMILES string of the molecule is COc1ccc(C[C@H](NC(=O)/C(Cl)=C/c2ccc(C)cc2)C(=O)O)cc1. The zero-order valence-corrected chi connectivity index (χ0v) is 15.3. The minimum Gasteiger partial charge on any atom is -0.497 e. The molecule has 0 radical (unpaired) electrons. The number of amides is 1. The summed E-state index contributed by atoms with van der Waals surface area (Å²) in [6.07, 6.45) is 1.64. The summed E-state index contributed by atoms with van der Waals surface area (Å²) in [5.41, 5.74) is 2.61. The van der Waals surface area contributed by atoms with E-state index in [1.807, 2.05) is 31.2 Å². The van der Waals surface area contributed by atoms with Crippen LogP contribution in [0.4, 0.5) is 0 Å². The third-order valence-corrected chi connectivity index (χ3v) is 4.07. The molecule has 5 nitrogen and oxygen atoms in total. The number of carboxylic acids is 1. The van der Waals surface area contributed by atoms with Gasteiger partial charge in [-0.15, -0.1) is 0 Å². The van der Waals surface area contributed by atoms with Crippen LogP contribution < -0.4 is 10.1 Å². The highest BCUT2D eigenvalue weighted by atomic mass is 35.5. The fraction of sp³-hybridized carbons (Fsp3) is 0.200. The van der Waals surface area contributed by atoms with Crippen LogP contribution in [0.25, 0.3) is 6.08 Å². The first-order chi connectivity index (χ1) is 12.4. The summed E-state index contributed by atoms with van der Waals surface area (Å²) in [5, 5.41) is 11.8. The monoisotopic (exact) mass is 373 g/mol. The molecular weight excluding hydrogens is 354 g/mol. The standard InChI is InChI=1S/C20H20ClNO4/c1-13-3-5-14(6-4-13)11-17(21)19(23)22-18(20(24)25)12-15-7-9-16(26-2)10-8-15/h3-11,18H,12H2,1-2H3,(H,22,23)(H,24,25)/b17-11-/t18-/m0/s1. The van der Waals surface area contributed by atoms with E-state index >= 15 is 0 Å². The molecule has 0 heterocycles. The van der Waals surface area contributed by atoms with Crippen molar-refractivity contribution in [3.63, 3.8) is 0 Å². The minimum absolute atomic E-state index is 0.0742. The molecule has 0 aliphatic rings. The Kier molecular flexibility index (Phi) is 6.81. The summed E-state index contributed by atoms with van der Waals surface area (Å²) in [6, 6.07) is 13.4. The molecule has 0 saturated carbocycles. The molecule has 0 fully saturated rings. The normalized spacial score (nSPS) is 12.3. The number of aliphatic carboxylic acids is 1. The Balaban J connectivity index is 2.06. The van der Waals surface area contributed by atoms with Crippen molar-refractivity contribution in [2.75, 3.05) is 7.11 Å². The largest absolute Gasteiger partial charge is 0.497 e. The molecule has 0 saturated heterocycles. The summed E-state index contributed by atoms with van der Waals surface area (Å²) in [5.74, 6) is -1.09. The van der Waals surface area contributed by atoms with Crippen molar-refractivity contribution in [3.05, 3.63) is 70.3 Å². The van der Waals surface area contributed by atoms with Gasteiger partial charge in [0.2, 0.25) is 0 Å². The van der Waals surface area contributed by atoms with Crippen molar-refractivity contribution < 1.29 is 19.4 Å². The molecule has 2 aromatic rings.